The van der Waals surface area contributed by atoms with Crippen LogP contribution in [0.1, 0.15) is 17.7 Å². The molecule has 3 heteroatoms. The van der Waals surface area contributed by atoms with Gasteiger partial charge in [0.2, 0.25) is 0 Å². The standard InChI is InChI=1S/C14H15N3/c1-15-9-3-5-13-11(7-9)12-8-10(16-2)4-6-14(12)17-13/h4,6,8-9,15,17H,3,5,7H2,1H3. The molecule has 0 bridgehead atoms. The summed E-state index contributed by atoms with van der Waals surface area (Å²) in [5, 5.41) is 4.58. The number of hydrogen-bond acceptors (Lipinski definition) is 1. The van der Waals surface area contributed by atoms with E-state index in [0.29, 0.717) is 6.04 Å². The zero-order valence-corrected chi connectivity index (χ0v) is 9.88. The van der Waals surface area contributed by atoms with E-state index in [9.17, 15) is 0 Å². The molecule has 3 rings (SSSR count). The monoisotopic (exact) mass is 225 g/mol. The van der Waals surface area contributed by atoms with Gasteiger partial charge in [-0.1, -0.05) is 6.07 Å². The van der Waals surface area contributed by atoms with Gasteiger partial charge in [0, 0.05) is 17.3 Å². The Morgan fingerprint density at radius 3 is 3.12 bits per heavy atom. The molecule has 1 aromatic heterocycles. The summed E-state index contributed by atoms with van der Waals surface area (Å²) in [7, 11) is 2.02. The molecular weight excluding hydrogens is 210 g/mol. The summed E-state index contributed by atoms with van der Waals surface area (Å²) in [4.78, 5) is 6.99. The largest absolute Gasteiger partial charge is 0.358 e. The number of nitrogens with one attached hydrogen (secondary N) is 2. The molecule has 0 saturated carbocycles. The molecule has 1 aliphatic carbocycles. The smallest absolute Gasteiger partial charge is 0.187 e. The molecule has 2 N–H and O–H groups in total. The van der Waals surface area contributed by atoms with Crippen LogP contribution in [0.25, 0.3) is 15.7 Å². The van der Waals surface area contributed by atoms with Gasteiger partial charge in [-0.3, -0.25) is 0 Å². The van der Waals surface area contributed by atoms with Crippen molar-refractivity contribution >= 4 is 16.6 Å². The Bertz CT molecular complexity index is 604. The SMILES string of the molecule is [C-]#[N+]c1ccc2[nH]c3c(c2c1)CC(NC)CC3. The molecule has 1 unspecified atom stereocenters. The quantitative estimate of drug-likeness (QED) is 0.719. The minimum atomic E-state index is 0.568. The molecule has 0 amide bonds. The van der Waals surface area contributed by atoms with Gasteiger partial charge in [0.15, 0.2) is 5.69 Å². The zero-order chi connectivity index (χ0) is 11.8. The van der Waals surface area contributed by atoms with Crippen molar-refractivity contribution in [2.45, 2.75) is 25.3 Å². The Morgan fingerprint density at radius 2 is 2.35 bits per heavy atom. The lowest BCUT2D eigenvalue weighted by Crippen LogP contribution is -2.31. The summed E-state index contributed by atoms with van der Waals surface area (Å²) in [5.74, 6) is 0. The number of nitrogens with zero attached hydrogens (tertiary/aromatic N) is 1. The fourth-order valence-corrected chi connectivity index (χ4v) is 2.72. The second-order valence-corrected chi connectivity index (χ2v) is 4.65. The number of H-pyrrole nitrogens is 1. The van der Waals surface area contributed by atoms with Crippen LogP contribution in [0.3, 0.4) is 0 Å². The predicted molar refractivity (Wildman–Crippen MR) is 69.4 cm³/mol. The number of fused-ring (bicyclic) bond motifs is 3. The van der Waals surface area contributed by atoms with E-state index >= 15 is 0 Å². The van der Waals surface area contributed by atoms with Gasteiger partial charge in [-0.25, -0.2) is 4.85 Å². The summed E-state index contributed by atoms with van der Waals surface area (Å²) in [6, 6.07) is 6.48. The van der Waals surface area contributed by atoms with Crippen molar-refractivity contribution in [3.05, 3.63) is 40.9 Å². The summed E-state index contributed by atoms with van der Waals surface area (Å²) in [5.41, 5.74) is 4.65. The third-order valence-electron chi connectivity index (χ3n) is 3.71. The number of aryl methyl sites for hydroxylation is 1. The number of hydrogen-bond donors (Lipinski definition) is 2. The molecule has 86 valence electrons. The second kappa shape index (κ2) is 3.90. The van der Waals surface area contributed by atoms with Crippen LogP contribution in [-0.2, 0) is 12.8 Å². The van der Waals surface area contributed by atoms with E-state index in [1.807, 2.05) is 25.2 Å². The maximum Gasteiger partial charge on any atom is 0.187 e. The first-order valence-corrected chi connectivity index (χ1v) is 6.00. The molecule has 0 aliphatic heterocycles. The topological polar surface area (TPSA) is 32.2 Å². The van der Waals surface area contributed by atoms with Gasteiger partial charge in [0.25, 0.3) is 0 Å². The number of likely N-dealkylation sites (N-methyl/N-ethyl adjacent to an activating group) is 1. The number of aromatic nitrogens is 1. The van der Waals surface area contributed by atoms with Gasteiger partial charge < -0.3 is 10.3 Å². The Hall–Kier alpha value is -1.79. The van der Waals surface area contributed by atoms with Gasteiger partial charge in [0.05, 0.1) is 6.57 Å². The maximum atomic E-state index is 7.09. The third kappa shape index (κ3) is 1.62. The van der Waals surface area contributed by atoms with Gasteiger partial charge in [0.1, 0.15) is 0 Å². The zero-order valence-electron chi connectivity index (χ0n) is 9.88. The van der Waals surface area contributed by atoms with Gasteiger partial charge in [-0.15, -0.1) is 0 Å². The second-order valence-electron chi connectivity index (χ2n) is 4.65. The van der Waals surface area contributed by atoms with Crippen LogP contribution in [0.5, 0.6) is 0 Å². The van der Waals surface area contributed by atoms with E-state index < -0.39 is 0 Å². The Kier molecular flexibility index (Phi) is 2.38. The average molecular weight is 225 g/mol. The first kappa shape index (κ1) is 10.4. The summed E-state index contributed by atoms with van der Waals surface area (Å²) in [6.45, 7) is 7.09. The highest BCUT2D eigenvalue weighted by Gasteiger charge is 2.21. The van der Waals surface area contributed by atoms with Crippen LogP contribution in [0.4, 0.5) is 5.69 Å². The lowest BCUT2D eigenvalue weighted by molar-refractivity contribution is 0.495. The van der Waals surface area contributed by atoms with Crippen LogP contribution in [-0.4, -0.2) is 18.1 Å². The molecule has 0 fully saturated rings. The average Bonchev–Trinajstić information content (AvgIpc) is 2.75. The minimum absolute atomic E-state index is 0.568. The Labute approximate surface area is 101 Å². The highest BCUT2D eigenvalue weighted by molar-refractivity contribution is 5.88. The van der Waals surface area contributed by atoms with Crippen LogP contribution < -0.4 is 5.32 Å². The fourth-order valence-electron chi connectivity index (χ4n) is 2.72. The number of benzene rings is 1. The maximum absolute atomic E-state index is 7.09. The summed E-state index contributed by atoms with van der Waals surface area (Å²) in [6.07, 6.45) is 3.35. The normalized spacial score (nSPS) is 18.9. The van der Waals surface area contributed by atoms with E-state index in [1.165, 1.54) is 28.6 Å². The van der Waals surface area contributed by atoms with E-state index in [0.717, 1.165) is 18.5 Å². The van der Waals surface area contributed by atoms with Crippen molar-refractivity contribution in [1.82, 2.24) is 10.3 Å². The van der Waals surface area contributed by atoms with Crippen LogP contribution in [0.15, 0.2) is 18.2 Å². The fraction of sp³-hybridized carbons (Fsp3) is 0.357. The van der Waals surface area contributed by atoms with Crippen LogP contribution in [0.2, 0.25) is 0 Å². The van der Waals surface area contributed by atoms with E-state index in [4.69, 9.17) is 6.57 Å². The highest BCUT2D eigenvalue weighted by Crippen LogP contribution is 2.31. The van der Waals surface area contributed by atoms with Crippen molar-refractivity contribution in [2.75, 3.05) is 7.05 Å². The van der Waals surface area contributed by atoms with Crippen molar-refractivity contribution < 1.29 is 0 Å². The van der Waals surface area contributed by atoms with Gasteiger partial charge >= 0.3 is 0 Å². The Morgan fingerprint density at radius 1 is 1.47 bits per heavy atom. The lowest BCUT2D eigenvalue weighted by atomic mass is 9.91. The first-order chi connectivity index (χ1) is 8.31. The molecule has 2 aromatic rings. The molecule has 1 atom stereocenters. The van der Waals surface area contributed by atoms with Gasteiger partial charge in [-0.05, 0) is 49.4 Å². The van der Waals surface area contributed by atoms with Crippen LogP contribution in [0, 0.1) is 6.57 Å². The summed E-state index contributed by atoms with van der Waals surface area (Å²) >= 11 is 0. The first-order valence-electron chi connectivity index (χ1n) is 6.00. The molecule has 1 aromatic carbocycles. The molecule has 0 spiro atoms. The van der Waals surface area contributed by atoms with Crippen molar-refractivity contribution in [3.8, 4) is 0 Å². The predicted octanol–water partition coefficient (Wildman–Crippen LogP) is 2.80. The molecule has 0 saturated heterocycles. The molecule has 1 heterocycles. The Balaban J connectivity index is 2.16. The molecule has 0 radical (unpaired) electrons. The van der Waals surface area contributed by atoms with Crippen molar-refractivity contribution in [1.29, 1.82) is 0 Å². The minimum Gasteiger partial charge on any atom is -0.358 e. The van der Waals surface area contributed by atoms with Crippen molar-refractivity contribution in [3.63, 3.8) is 0 Å². The number of aromatic amines is 1. The van der Waals surface area contributed by atoms with E-state index in [1.54, 1.807) is 0 Å². The highest BCUT2D eigenvalue weighted by atomic mass is 14.9. The van der Waals surface area contributed by atoms with Gasteiger partial charge in [-0.2, -0.15) is 0 Å². The molecular formula is C14H15N3. The van der Waals surface area contributed by atoms with Crippen molar-refractivity contribution in [2.24, 2.45) is 0 Å². The van der Waals surface area contributed by atoms with E-state index in [2.05, 4.69) is 15.1 Å². The van der Waals surface area contributed by atoms with Crippen LogP contribution >= 0.6 is 0 Å². The summed E-state index contributed by atoms with van der Waals surface area (Å²) < 4.78 is 0. The van der Waals surface area contributed by atoms with E-state index in [-0.39, 0.29) is 0 Å². The number of rotatable bonds is 1. The lowest BCUT2D eigenvalue weighted by Gasteiger charge is -2.21. The molecule has 1 aliphatic rings. The third-order valence-corrected chi connectivity index (χ3v) is 3.71. The molecule has 17 heavy (non-hydrogen) atoms. The molecule has 3 nitrogen and oxygen atoms in total.